The molecule has 1 fully saturated rings. The van der Waals surface area contributed by atoms with E-state index in [1.165, 1.54) is 27.7 Å². The molecule has 1 atom stereocenters. The zero-order valence-electron chi connectivity index (χ0n) is 17.3. The van der Waals surface area contributed by atoms with E-state index in [0.29, 0.717) is 0 Å². The Kier molecular flexibility index (Phi) is 4.62. The second kappa shape index (κ2) is 7.51. The minimum absolute atomic E-state index is 0.123. The molecule has 0 aliphatic carbocycles. The van der Waals surface area contributed by atoms with Crippen molar-refractivity contribution in [2.75, 3.05) is 5.32 Å². The number of fused-ring (bicyclic) bond motifs is 2. The molecule has 3 N–H and O–H groups in total. The van der Waals surface area contributed by atoms with Gasteiger partial charge in [-0.3, -0.25) is 38.3 Å². The normalized spacial score (nSPS) is 16.2. The van der Waals surface area contributed by atoms with Crippen molar-refractivity contribution in [3.8, 4) is 0 Å². The van der Waals surface area contributed by atoms with E-state index in [-0.39, 0.29) is 57.9 Å². The largest absolute Gasteiger partial charge is 0.325 e. The molecule has 1 aliphatic rings. The van der Waals surface area contributed by atoms with Gasteiger partial charge in [-0.2, -0.15) is 0 Å². The summed E-state index contributed by atoms with van der Waals surface area (Å²) >= 11 is 0. The van der Waals surface area contributed by atoms with Gasteiger partial charge in [-0.05, 0) is 25.5 Å². The molecule has 12 heteroatoms. The van der Waals surface area contributed by atoms with Gasteiger partial charge in [0.05, 0.1) is 17.3 Å². The minimum atomic E-state index is -0.846. The van der Waals surface area contributed by atoms with Crippen molar-refractivity contribution < 1.29 is 14.4 Å². The number of para-hydroxylation sites is 1. The van der Waals surface area contributed by atoms with Crippen LogP contribution in [-0.4, -0.2) is 41.6 Å². The standard InChI is InChI=1S/C21H17N7O5/c1-10-24-17-11(21(33)28(10)13-5-6-16(29)26-19(13)31)3-2-4-12(17)25-20(32)15-8-23-18(30)14-7-22-9-27(14)15/h2-4,7-9,13H,5-6H2,1H3,(H,23,30)(H,25,32)(H,26,29,31). The van der Waals surface area contributed by atoms with Crippen LogP contribution in [0.5, 0.6) is 0 Å². The van der Waals surface area contributed by atoms with Crippen molar-refractivity contribution in [2.24, 2.45) is 0 Å². The number of anilines is 1. The first-order chi connectivity index (χ1) is 15.8. The molecule has 1 aliphatic heterocycles. The van der Waals surface area contributed by atoms with Crippen molar-refractivity contribution in [1.29, 1.82) is 0 Å². The smallest absolute Gasteiger partial charge is 0.274 e. The predicted molar refractivity (Wildman–Crippen MR) is 116 cm³/mol. The van der Waals surface area contributed by atoms with E-state index >= 15 is 0 Å². The van der Waals surface area contributed by atoms with Crippen LogP contribution in [0.1, 0.15) is 35.2 Å². The number of imidazole rings is 1. The zero-order chi connectivity index (χ0) is 23.3. The highest BCUT2D eigenvalue weighted by Crippen LogP contribution is 2.23. The number of aromatic amines is 1. The number of amides is 3. The van der Waals surface area contributed by atoms with Crippen LogP contribution in [0.3, 0.4) is 0 Å². The van der Waals surface area contributed by atoms with Gasteiger partial charge in [-0.15, -0.1) is 0 Å². The molecular formula is C21H17N7O5. The average molecular weight is 447 g/mol. The number of carbonyl (C=O) groups excluding carboxylic acids is 3. The number of piperidine rings is 1. The summed E-state index contributed by atoms with van der Waals surface area (Å²) in [6, 6.07) is 3.89. The quantitative estimate of drug-likeness (QED) is 0.380. The molecule has 0 saturated carbocycles. The Morgan fingerprint density at radius 2 is 2.03 bits per heavy atom. The molecule has 5 rings (SSSR count). The number of hydrogen-bond acceptors (Lipinski definition) is 7. The van der Waals surface area contributed by atoms with Gasteiger partial charge in [0.2, 0.25) is 11.8 Å². The lowest BCUT2D eigenvalue weighted by molar-refractivity contribution is -0.135. The number of aromatic nitrogens is 5. The third kappa shape index (κ3) is 3.28. The maximum Gasteiger partial charge on any atom is 0.274 e. The summed E-state index contributed by atoms with van der Waals surface area (Å²) in [6.07, 6.45) is 4.28. The molecule has 0 radical (unpaired) electrons. The first kappa shape index (κ1) is 20.3. The number of imide groups is 1. The van der Waals surface area contributed by atoms with Gasteiger partial charge in [0.1, 0.15) is 34.9 Å². The summed E-state index contributed by atoms with van der Waals surface area (Å²) in [6.45, 7) is 1.58. The summed E-state index contributed by atoms with van der Waals surface area (Å²) in [5.41, 5.74) is 0.0369. The summed E-state index contributed by atoms with van der Waals surface area (Å²) in [7, 11) is 0. The number of hydrogen-bond donors (Lipinski definition) is 3. The Morgan fingerprint density at radius 3 is 2.82 bits per heavy atom. The lowest BCUT2D eigenvalue weighted by Crippen LogP contribution is -2.45. The lowest BCUT2D eigenvalue weighted by Gasteiger charge is -2.24. The van der Waals surface area contributed by atoms with Crippen LogP contribution < -0.4 is 21.8 Å². The molecule has 1 unspecified atom stereocenters. The Bertz CT molecular complexity index is 1600. The van der Waals surface area contributed by atoms with Crippen LogP contribution in [0.4, 0.5) is 5.69 Å². The fourth-order valence-corrected chi connectivity index (χ4v) is 4.02. The number of nitrogens with one attached hydrogen (secondary N) is 3. The molecule has 3 amide bonds. The maximum absolute atomic E-state index is 13.3. The van der Waals surface area contributed by atoms with Crippen LogP contribution in [-0.2, 0) is 9.59 Å². The van der Waals surface area contributed by atoms with Crippen LogP contribution in [0.15, 0.2) is 46.5 Å². The summed E-state index contributed by atoms with van der Waals surface area (Å²) < 4.78 is 2.63. The molecule has 0 spiro atoms. The number of nitrogens with zero attached hydrogens (tertiary/aromatic N) is 4. The van der Waals surface area contributed by atoms with Gasteiger partial charge in [0.15, 0.2) is 0 Å². The highest BCUT2D eigenvalue weighted by atomic mass is 16.2. The van der Waals surface area contributed by atoms with Crippen LogP contribution in [0.25, 0.3) is 16.4 Å². The molecule has 1 aromatic carbocycles. The van der Waals surface area contributed by atoms with Crippen LogP contribution in [0, 0.1) is 6.92 Å². The van der Waals surface area contributed by atoms with Crippen molar-refractivity contribution in [3.63, 3.8) is 0 Å². The fourth-order valence-electron chi connectivity index (χ4n) is 4.02. The number of benzene rings is 1. The van der Waals surface area contributed by atoms with Gasteiger partial charge in [0.25, 0.3) is 17.0 Å². The third-order valence-electron chi connectivity index (χ3n) is 5.58. The molecule has 33 heavy (non-hydrogen) atoms. The summed E-state index contributed by atoms with van der Waals surface area (Å²) in [5, 5.41) is 5.18. The highest BCUT2D eigenvalue weighted by molar-refractivity contribution is 6.07. The first-order valence-electron chi connectivity index (χ1n) is 10.1. The molecule has 166 valence electrons. The number of carbonyl (C=O) groups is 3. The number of H-pyrrole nitrogens is 1. The Hall–Kier alpha value is -4.61. The first-order valence-corrected chi connectivity index (χ1v) is 10.1. The lowest BCUT2D eigenvalue weighted by atomic mass is 10.1. The van der Waals surface area contributed by atoms with Crippen molar-refractivity contribution in [1.82, 2.24) is 29.2 Å². The van der Waals surface area contributed by atoms with E-state index in [4.69, 9.17) is 0 Å². The van der Waals surface area contributed by atoms with E-state index < -0.39 is 23.4 Å². The molecule has 4 heterocycles. The van der Waals surface area contributed by atoms with Crippen LogP contribution in [0.2, 0.25) is 0 Å². The predicted octanol–water partition coefficient (Wildman–Crippen LogP) is 0.271. The van der Waals surface area contributed by atoms with Crippen molar-refractivity contribution in [3.05, 3.63) is 69.1 Å². The summed E-state index contributed by atoms with van der Waals surface area (Å²) in [5.74, 6) is -1.21. The van der Waals surface area contributed by atoms with Crippen molar-refractivity contribution in [2.45, 2.75) is 25.8 Å². The Morgan fingerprint density at radius 1 is 1.21 bits per heavy atom. The SMILES string of the molecule is Cc1nc2c(NC(=O)c3c[nH]c(=O)c4cncn34)cccc2c(=O)n1C1CCC(=O)NC1=O. The monoisotopic (exact) mass is 447 g/mol. The van der Waals surface area contributed by atoms with E-state index in [1.54, 1.807) is 25.1 Å². The summed E-state index contributed by atoms with van der Waals surface area (Å²) in [4.78, 5) is 72.8. The second-order valence-electron chi connectivity index (χ2n) is 7.61. The third-order valence-corrected chi connectivity index (χ3v) is 5.58. The Balaban J connectivity index is 1.57. The molecule has 1 saturated heterocycles. The van der Waals surface area contributed by atoms with Crippen LogP contribution >= 0.6 is 0 Å². The van der Waals surface area contributed by atoms with E-state index in [0.717, 1.165) is 0 Å². The van der Waals surface area contributed by atoms with Gasteiger partial charge in [0, 0.05) is 12.6 Å². The fraction of sp³-hybridized carbons (Fsp3) is 0.190. The minimum Gasteiger partial charge on any atom is -0.325 e. The van der Waals surface area contributed by atoms with Gasteiger partial charge in [-0.1, -0.05) is 6.07 Å². The van der Waals surface area contributed by atoms with E-state index in [1.807, 2.05) is 0 Å². The molecule has 4 aromatic rings. The van der Waals surface area contributed by atoms with Gasteiger partial charge >= 0.3 is 0 Å². The maximum atomic E-state index is 13.3. The van der Waals surface area contributed by atoms with E-state index in [9.17, 15) is 24.0 Å². The number of rotatable bonds is 3. The zero-order valence-corrected chi connectivity index (χ0v) is 17.3. The molecule has 0 bridgehead atoms. The number of aryl methyl sites for hydroxylation is 1. The highest BCUT2D eigenvalue weighted by Gasteiger charge is 2.30. The molecule has 12 nitrogen and oxygen atoms in total. The average Bonchev–Trinajstić information content (AvgIpc) is 3.27. The van der Waals surface area contributed by atoms with Crippen molar-refractivity contribution >= 4 is 39.8 Å². The second-order valence-corrected chi connectivity index (χ2v) is 7.61. The van der Waals surface area contributed by atoms with Gasteiger partial charge in [-0.25, -0.2) is 9.97 Å². The molecule has 3 aromatic heterocycles. The topological polar surface area (TPSA) is 160 Å². The molecular weight excluding hydrogens is 430 g/mol. The Labute approximate surface area is 184 Å². The van der Waals surface area contributed by atoms with E-state index in [2.05, 4.69) is 25.6 Å². The van der Waals surface area contributed by atoms with Gasteiger partial charge < -0.3 is 10.3 Å².